The molecular weight excluding hydrogens is 344 g/mol. The van der Waals surface area contributed by atoms with Crippen molar-refractivity contribution < 1.29 is 24.9 Å². The summed E-state index contributed by atoms with van der Waals surface area (Å²) in [6.45, 7) is 0. The smallest absolute Gasteiger partial charge is 0.305 e. The molecule has 0 bridgehead atoms. The van der Waals surface area contributed by atoms with Gasteiger partial charge in [0.1, 0.15) is 0 Å². The van der Waals surface area contributed by atoms with Crippen LogP contribution < -0.4 is 0 Å². The molecule has 5 heteroatoms. The highest BCUT2D eigenvalue weighted by Crippen LogP contribution is 2.26. The summed E-state index contributed by atoms with van der Waals surface area (Å²) in [6, 6.07) is 0. The number of methoxy groups -OCH3 is 1. The molecule has 0 spiro atoms. The van der Waals surface area contributed by atoms with Crippen LogP contribution in [0.2, 0.25) is 0 Å². The van der Waals surface area contributed by atoms with Crippen molar-refractivity contribution in [3.05, 3.63) is 48.6 Å². The molecule has 1 aliphatic carbocycles. The molecule has 1 fully saturated rings. The molecule has 152 valence electrons. The fraction of sp³-hybridized carbons (Fsp3) is 0.591. The maximum Gasteiger partial charge on any atom is 0.305 e. The Morgan fingerprint density at radius 3 is 2.19 bits per heavy atom. The van der Waals surface area contributed by atoms with E-state index in [-0.39, 0.29) is 18.5 Å². The quantitative estimate of drug-likeness (QED) is 0.380. The second kappa shape index (κ2) is 14.4. The standard InChI is InChI=1S/C22H34O5/c1-27-22(26)17-11-16-21(25)20(24)15-10-5-3-2-4-9-14-19(23)18-12-7-6-8-13-18/h2-5,9-10,14-15,18-21,23-25H,6-8,11-13,16-17H2,1H3/b4-2-,5-3+,14-9+,15-10+/t19-,20-,21+/m1/s1. The molecule has 0 aliphatic heterocycles. The molecular formula is C22H34O5. The first-order chi connectivity index (χ1) is 13.0. The van der Waals surface area contributed by atoms with Gasteiger partial charge in [0.2, 0.25) is 0 Å². The summed E-state index contributed by atoms with van der Waals surface area (Å²) in [4.78, 5) is 11.0. The van der Waals surface area contributed by atoms with E-state index >= 15 is 0 Å². The van der Waals surface area contributed by atoms with Gasteiger partial charge < -0.3 is 20.1 Å². The van der Waals surface area contributed by atoms with E-state index in [0.717, 1.165) is 12.8 Å². The molecule has 0 amide bonds. The zero-order valence-electron chi connectivity index (χ0n) is 16.2. The Hall–Kier alpha value is -1.69. The molecule has 0 saturated heterocycles. The number of allylic oxidation sites excluding steroid dienone is 6. The zero-order chi connectivity index (χ0) is 19.9. The van der Waals surface area contributed by atoms with Crippen LogP contribution >= 0.6 is 0 Å². The average Bonchev–Trinajstić information content (AvgIpc) is 2.69. The zero-order valence-corrected chi connectivity index (χ0v) is 16.2. The lowest BCUT2D eigenvalue weighted by atomic mass is 9.85. The number of hydrogen-bond acceptors (Lipinski definition) is 5. The second-order valence-corrected chi connectivity index (χ2v) is 6.95. The molecule has 0 heterocycles. The number of hydrogen-bond donors (Lipinski definition) is 3. The number of rotatable bonds is 11. The lowest BCUT2D eigenvalue weighted by Crippen LogP contribution is -2.23. The number of aliphatic hydroxyl groups excluding tert-OH is 3. The van der Waals surface area contributed by atoms with Crippen molar-refractivity contribution >= 4 is 5.97 Å². The predicted molar refractivity (Wildman–Crippen MR) is 107 cm³/mol. The van der Waals surface area contributed by atoms with Gasteiger partial charge in [0.25, 0.3) is 0 Å². The number of esters is 1. The van der Waals surface area contributed by atoms with Gasteiger partial charge in [-0.05, 0) is 31.6 Å². The van der Waals surface area contributed by atoms with Crippen molar-refractivity contribution in [3.8, 4) is 0 Å². The molecule has 1 rings (SSSR count). The first-order valence-electron chi connectivity index (χ1n) is 9.84. The number of carbonyl (C=O) groups is 1. The normalized spacial score (nSPS) is 20.0. The molecule has 0 aromatic rings. The Balaban J connectivity index is 2.22. The maximum absolute atomic E-state index is 11.0. The highest BCUT2D eigenvalue weighted by atomic mass is 16.5. The summed E-state index contributed by atoms with van der Waals surface area (Å²) >= 11 is 0. The Labute approximate surface area is 162 Å². The van der Waals surface area contributed by atoms with E-state index in [2.05, 4.69) is 4.74 Å². The lowest BCUT2D eigenvalue weighted by Gasteiger charge is -2.24. The molecule has 0 aromatic heterocycles. The van der Waals surface area contributed by atoms with E-state index in [1.165, 1.54) is 32.4 Å². The van der Waals surface area contributed by atoms with Gasteiger partial charge in [-0.25, -0.2) is 0 Å². The molecule has 27 heavy (non-hydrogen) atoms. The van der Waals surface area contributed by atoms with Crippen LogP contribution in [0.1, 0.15) is 51.4 Å². The van der Waals surface area contributed by atoms with Crippen LogP contribution in [0.4, 0.5) is 0 Å². The Kier molecular flexibility index (Phi) is 12.4. The Morgan fingerprint density at radius 2 is 1.56 bits per heavy atom. The van der Waals surface area contributed by atoms with Gasteiger partial charge in [-0.15, -0.1) is 0 Å². The van der Waals surface area contributed by atoms with E-state index in [1.54, 1.807) is 12.2 Å². The number of ether oxygens (including phenoxy) is 1. The SMILES string of the molecule is COC(=O)CCC[C@H](O)[C@H](O)/C=C/C=C/C=C\C=C\[C@@H](O)C1CCCCC1. The van der Waals surface area contributed by atoms with Crippen molar-refractivity contribution in [2.24, 2.45) is 5.92 Å². The third-order valence-corrected chi connectivity index (χ3v) is 4.81. The first kappa shape index (κ1) is 23.3. The molecule has 0 radical (unpaired) electrons. The third kappa shape index (κ3) is 10.9. The summed E-state index contributed by atoms with van der Waals surface area (Å²) < 4.78 is 4.52. The predicted octanol–water partition coefficient (Wildman–Crippen LogP) is 3.22. The molecule has 0 unspecified atom stereocenters. The minimum atomic E-state index is -0.971. The van der Waals surface area contributed by atoms with Crippen LogP contribution in [0.25, 0.3) is 0 Å². The van der Waals surface area contributed by atoms with Crippen molar-refractivity contribution in [1.29, 1.82) is 0 Å². The summed E-state index contributed by atoms with van der Waals surface area (Å²) in [7, 11) is 1.33. The van der Waals surface area contributed by atoms with Crippen LogP contribution in [0.15, 0.2) is 48.6 Å². The third-order valence-electron chi connectivity index (χ3n) is 4.81. The van der Waals surface area contributed by atoms with Crippen molar-refractivity contribution in [2.75, 3.05) is 7.11 Å². The van der Waals surface area contributed by atoms with Crippen LogP contribution in [0.3, 0.4) is 0 Å². The van der Waals surface area contributed by atoms with Gasteiger partial charge in [-0.1, -0.05) is 67.9 Å². The van der Waals surface area contributed by atoms with E-state index in [4.69, 9.17) is 0 Å². The molecule has 1 saturated carbocycles. The van der Waals surface area contributed by atoms with Crippen molar-refractivity contribution in [1.82, 2.24) is 0 Å². The van der Waals surface area contributed by atoms with E-state index in [0.29, 0.717) is 18.8 Å². The van der Waals surface area contributed by atoms with Gasteiger partial charge in [-0.2, -0.15) is 0 Å². The van der Waals surface area contributed by atoms with Gasteiger partial charge in [-0.3, -0.25) is 4.79 Å². The van der Waals surface area contributed by atoms with Gasteiger partial charge in [0, 0.05) is 6.42 Å². The molecule has 0 aromatic carbocycles. The highest BCUT2D eigenvalue weighted by molar-refractivity contribution is 5.68. The van der Waals surface area contributed by atoms with E-state index in [1.807, 2.05) is 30.4 Å². The summed E-state index contributed by atoms with van der Waals surface area (Å²) in [5, 5.41) is 29.7. The maximum atomic E-state index is 11.0. The van der Waals surface area contributed by atoms with Gasteiger partial charge in [0.05, 0.1) is 25.4 Å². The van der Waals surface area contributed by atoms with E-state index < -0.39 is 12.2 Å². The van der Waals surface area contributed by atoms with E-state index in [9.17, 15) is 20.1 Å². The van der Waals surface area contributed by atoms with Crippen LogP contribution in [0, 0.1) is 5.92 Å². The number of aliphatic hydroxyl groups is 3. The molecule has 5 nitrogen and oxygen atoms in total. The number of carbonyl (C=O) groups excluding carboxylic acids is 1. The highest BCUT2D eigenvalue weighted by Gasteiger charge is 2.19. The molecule has 1 aliphatic rings. The molecule has 3 N–H and O–H groups in total. The lowest BCUT2D eigenvalue weighted by molar-refractivity contribution is -0.140. The fourth-order valence-corrected chi connectivity index (χ4v) is 3.10. The molecule has 3 atom stereocenters. The Bertz CT molecular complexity index is 515. The monoisotopic (exact) mass is 378 g/mol. The first-order valence-corrected chi connectivity index (χ1v) is 9.84. The van der Waals surface area contributed by atoms with Crippen molar-refractivity contribution in [2.45, 2.75) is 69.7 Å². The van der Waals surface area contributed by atoms with Crippen molar-refractivity contribution in [3.63, 3.8) is 0 Å². The van der Waals surface area contributed by atoms with Crippen LogP contribution in [0.5, 0.6) is 0 Å². The average molecular weight is 379 g/mol. The fourth-order valence-electron chi connectivity index (χ4n) is 3.10. The summed E-state index contributed by atoms with van der Waals surface area (Å²) in [5.41, 5.74) is 0. The second-order valence-electron chi connectivity index (χ2n) is 6.95. The van der Waals surface area contributed by atoms with Gasteiger partial charge >= 0.3 is 5.97 Å². The topological polar surface area (TPSA) is 87.0 Å². The minimum absolute atomic E-state index is 0.234. The summed E-state index contributed by atoms with van der Waals surface area (Å²) in [5.74, 6) is 0.0738. The summed E-state index contributed by atoms with van der Waals surface area (Å²) in [6.07, 6.45) is 18.9. The largest absolute Gasteiger partial charge is 0.469 e. The van der Waals surface area contributed by atoms with Crippen LogP contribution in [-0.4, -0.2) is 46.7 Å². The van der Waals surface area contributed by atoms with Crippen LogP contribution in [-0.2, 0) is 9.53 Å². The Morgan fingerprint density at radius 1 is 0.963 bits per heavy atom. The minimum Gasteiger partial charge on any atom is -0.469 e. The van der Waals surface area contributed by atoms with Gasteiger partial charge in [0.15, 0.2) is 0 Å².